The fourth-order valence-electron chi connectivity index (χ4n) is 5.50. The molecule has 3 N–H and O–H groups in total. The van der Waals surface area contributed by atoms with E-state index in [0.717, 1.165) is 34.7 Å². The smallest absolute Gasteiger partial charge is 0.254 e. The highest BCUT2D eigenvalue weighted by molar-refractivity contribution is 7.09. The number of halogens is 1. The van der Waals surface area contributed by atoms with Crippen molar-refractivity contribution in [2.24, 2.45) is 0 Å². The summed E-state index contributed by atoms with van der Waals surface area (Å²) in [6, 6.07) is 14.0. The fourth-order valence-corrected chi connectivity index (χ4v) is 6.45. The first-order chi connectivity index (χ1) is 21.5. The Morgan fingerprint density at radius 1 is 1.13 bits per heavy atom. The van der Waals surface area contributed by atoms with Crippen molar-refractivity contribution in [2.45, 2.75) is 77.7 Å². The van der Waals surface area contributed by atoms with Gasteiger partial charge in [-0.1, -0.05) is 12.1 Å². The lowest BCUT2D eigenvalue weighted by atomic mass is 10.0. The van der Waals surface area contributed by atoms with Gasteiger partial charge in [0.15, 0.2) is 0 Å². The van der Waals surface area contributed by atoms with Crippen molar-refractivity contribution in [1.29, 1.82) is 0 Å². The summed E-state index contributed by atoms with van der Waals surface area (Å²) < 4.78 is 14.3. The summed E-state index contributed by atoms with van der Waals surface area (Å²) >= 11 is 1.59. The molecule has 2 amide bonds. The molecular weight excluding hydrogens is 589 g/mol. The van der Waals surface area contributed by atoms with Crippen LogP contribution in [0.4, 0.5) is 10.1 Å². The van der Waals surface area contributed by atoms with Crippen LogP contribution in [0.5, 0.6) is 5.75 Å². The number of amides is 2. The molecule has 236 valence electrons. The van der Waals surface area contributed by atoms with Crippen LogP contribution in [0.3, 0.4) is 0 Å². The zero-order chi connectivity index (χ0) is 32.1. The lowest BCUT2D eigenvalue weighted by molar-refractivity contribution is 0.0735. The summed E-state index contributed by atoms with van der Waals surface area (Å²) in [5.74, 6) is -0.201. The molecule has 0 aliphatic carbocycles. The zero-order valence-corrected chi connectivity index (χ0v) is 27.0. The van der Waals surface area contributed by atoms with Gasteiger partial charge in [-0.05, 0) is 101 Å². The SMILES string of the molecule is Cc1csc([C@H]2CCCN2C(=O)c2cccc(C(=O)N[C@@H](C)CCc3ccc(NCc4cncc(C(C)(C)F)c4)c(O)c3)c2)n1. The van der Waals surface area contributed by atoms with E-state index >= 15 is 0 Å². The van der Waals surface area contributed by atoms with Gasteiger partial charge in [0, 0.05) is 59.3 Å². The number of carbonyl (C=O) groups is 2. The molecule has 1 fully saturated rings. The third-order valence-corrected chi connectivity index (χ3v) is 9.14. The van der Waals surface area contributed by atoms with Crippen LogP contribution in [0.15, 0.2) is 66.3 Å². The average molecular weight is 630 g/mol. The number of phenolic OH excluding ortho intramolecular Hbond substituents is 1. The summed E-state index contributed by atoms with van der Waals surface area (Å²) in [7, 11) is 0. The van der Waals surface area contributed by atoms with Gasteiger partial charge in [0.25, 0.3) is 11.8 Å². The molecule has 0 unspecified atom stereocenters. The van der Waals surface area contributed by atoms with E-state index in [-0.39, 0.29) is 29.6 Å². The second kappa shape index (κ2) is 13.8. The molecule has 2 atom stereocenters. The Morgan fingerprint density at radius 2 is 1.93 bits per heavy atom. The van der Waals surface area contributed by atoms with Gasteiger partial charge in [-0.15, -0.1) is 11.3 Å². The first-order valence-corrected chi connectivity index (χ1v) is 16.2. The van der Waals surface area contributed by atoms with E-state index in [1.54, 1.807) is 53.9 Å². The van der Waals surface area contributed by atoms with Crippen LogP contribution >= 0.6 is 11.3 Å². The average Bonchev–Trinajstić information content (AvgIpc) is 3.68. The molecule has 2 aromatic carbocycles. The van der Waals surface area contributed by atoms with E-state index in [4.69, 9.17) is 0 Å². The van der Waals surface area contributed by atoms with E-state index in [0.29, 0.717) is 48.3 Å². The lowest BCUT2D eigenvalue weighted by Gasteiger charge is -2.23. The van der Waals surface area contributed by atoms with Crippen molar-refractivity contribution in [1.82, 2.24) is 20.2 Å². The van der Waals surface area contributed by atoms with E-state index in [1.165, 1.54) is 20.0 Å². The van der Waals surface area contributed by atoms with Crippen LogP contribution < -0.4 is 10.6 Å². The van der Waals surface area contributed by atoms with Crippen molar-refractivity contribution < 1.29 is 19.1 Å². The molecule has 4 aromatic rings. The standard InChI is InChI=1S/C35H40FN5O3S/c1-22(10-11-24-12-13-29(31(42)16-24)38-19-25-15-28(20-37-18-25)35(3,4)36)39-32(43)26-7-5-8-27(17-26)34(44)41-14-6-9-30(41)33-40-23(2)21-45-33/h5,7-8,12-13,15-18,20-22,30,38,42H,6,9-11,14,19H2,1-4H3,(H,39,43)/t22-,30+/m0/s1. The van der Waals surface area contributed by atoms with Gasteiger partial charge in [0.05, 0.1) is 11.7 Å². The number of benzene rings is 2. The van der Waals surface area contributed by atoms with Crippen LogP contribution in [0.2, 0.25) is 0 Å². The Labute approximate surface area is 267 Å². The summed E-state index contributed by atoms with van der Waals surface area (Å²) in [6.07, 6.45) is 6.32. The molecule has 0 saturated carbocycles. The molecular formula is C35H40FN5O3S. The van der Waals surface area contributed by atoms with Crippen molar-refractivity contribution in [3.05, 3.63) is 105 Å². The number of rotatable bonds is 11. The van der Waals surface area contributed by atoms with Gasteiger partial charge in [0.2, 0.25) is 0 Å². The molecule has 2 aromatic heterocycles. The number of aromatic hydroxyl groups is 1. The van der Waals surface area contributed by atoms with Gasteiger partial charge >= 0.3 is 0 Å². The highest BCUT2D eigenvalue weighted by atomic mass is 32.1. The number of thiazole rings is 1. The maximum Gasteiger partial charge on any atom is 0.254 e. The number of phenols is 1. The number of pyridine rings is 1. The minimum absolute atomic E-state index is 0.0256. The van der Waals surface area contributed by atoms with E-state index in [9.17, 15) is 19.1 Å². The maximum absolute atomic E-state index is 14.3. The van der Waals surface area contributed by atoms with Crippen molar-refractivity contribution >= 4 is 28.8 Å². The number of hydrogen-bond acceptors (Lipinski definition) is 7. The molecule has 3 heterocycles. The third kappa shape index (κ3) is 8.05. The number of aryl methyl sites for hydroxylation is 2. The van der Waals surface area contributed by atoms with Gasteiger partial charge in [0.1, 0.15) is 16.4 Å². The highest BCUT2D eigenvalue weighted by Crippen LogP contribution is 2.35. The number of aromatic nitrogens is 2. The predicted molar refractivity (Wildman–Crippen MR) is 175 cm³/mol. The molecule has 5 rings (SSSR count). The Hall–Kier alpha value is -4.31. The van der Waals surface area contributed by atoms with E-state index in [1.807, 2.05) is 36.3 Å². The number of likely N-dealkylation sites (tertiary alicyclic amines) is 1. The molecule has 0 bridgehead atoms. The van der Waals surface area contributed by atoms with Gasteiger partial charge in [-0.25, -0.2) is 9.37 Å². The quantitative estimate of drug-likeness (QED) is 0.153. The maximum atomic E-state index is 14.3. The Kier molecular flexibility index (Phi) is 9.82. The second-order valence-corrected chi connectivity index (χ2v) is 13.1. The Balaban J connectivity index is 1.13. The molecule has 1 aliphatic rings. The second-order valence-electron chi connectivity index (χ2n) is 12.2. The zero-order valence-electron chi connectivity index (χ0n) is 26.1. The first-order valence-electron chi connectivity index (χ1n) is 15.3. The lowest BCUT2D eigenvalue weighted by Crippen LogP contribution is -2.33. The normalized spacial score (nSPS) is 15.6. The van der Waals surface area contributed by atoms with E-state index < -0.39 is 5.67 Å². The van der Waals surface area contributed by atoms with Gasteiger partial charge in [-0.2, -0.15) is 0 Å². The van der Waals surface area contributed by atoms with Crippen molar-refractivity contribution in [2.75, 3.05) is 11.9 Å². The van der Waals surface area contributed by atoms with Crippen molar-refractivity contribution in [3.8, 4) is 5.75 Å². The number of nitrogens with one attached hydrogen (secondary N) is 2. The number of nitrogens with zero attached hydrogens (tertiary/aromatic N) is 3. The number of hydrogen-bond donors (Lipinski definition) is 3. The van der Waals surface area contributed by atoms with Crippen LogP contribution in [0, 0.1) is 6.92 Å². The topological polar surface area (TPSA) is 107 Å². The molecule has 1 saturated heterocycles. The first kappa shape index (κ1) is 32.1. The summed E-state index contributed by atoms with van der Waals surface area (Å²) in [5.41, 5.74) is 3.24. The van der Waals surface area contributed by atoms with Gasteiger partial charge in [-0.3, -0.25) is 14.6 Å². The molecule has 0 radical (unpaired) electrons. The molecule has 10 heteroatoms. The van der Waals surface area contributed by atoms with Crippen molar-refractivity contribution in [3.63, 3.8) is 0 Å². The van der Waals surface area contributed by atoms with Gasteiger partial charge < -0.3 is 20.6 Å². The summed E-state index contributed by atoms with van der Waals surface area (Å²) in [4.78, 5) is 37.1. The molecule has 0 spiro atoms. The third-order valence-electron chi connectivity index (χ3n) is 8.08. The van der Waals surface area contributed by atoms with Crippen LogP contribution in [-0.4, -0.2) is 44.4 Å². The number of anilines is 1. The predicted octanol–water partition coefficient (Wildman–Crippen LogP) is 7.10. The van der Waals surface area contributed by atoms with E-state index in [2.05, 4.69) is 20.6 Å². The van der Waals surface area contributed by atoms with Crippen LogP contribution in [0.25, 0.3) is 0 Å². The number of alkyl halides is 1. The Bertz CT molecular complexity index is 1670. The monoisotopic (exact) mass is 629 g/mol. The highest BCUT2D eigenvalue weighted by Gasteiger charge is 2.32. The molecule has 1 aliphatic heterocycles. The number of carbonyl (C=O) groups excluding carboxylic acids is 2. The minimum Gasteiger partial charge on any atom is -0.506 e. The van der Waals surface area contributed by atoms with Crippen LogP contribution in [0.1, 0.15) is 94.2 Å². The summed E-state index contributed by atoms with van der Waals surface area (Å²) in [5, 5.41) is 19.8. The minimum atomic E-state index is -1.48. The van der Waals surface area contributed by atoms with Crippen LogP contribution in [-0.2, 0) is 18.6 Å². The summed E-state index contributed by atoms with van der Waals surface area (Å²) in [6.45, 7) is 7.95. The molecule has 8 nitrogen and oxygen atoms in total. The largest absolute Gasteiger partial charge is 0.506 e. The molecule has 45 heavy (non-hydrogen) atoms. The fraction of sp³-hybridized carbons (Fsp3) is 0.371. The Morgan fingerprint density at radius 3 is 2.67 bits per heavy atom.